The first-order chi connectivity index (χ1) is 2.89. The third-order valence-corrected chi connectivity index (χ3v) is 0.957. The first kappa shape index (κ1) is 7.17. The molecule has 0 nitrogen and oxygen atoms in total. The van der Waals surface area contributed by atoms with E-state index < -0.39 is 0 Å². The monoisotopic (exact) mass is 275 g/mol. The van der Waals surface area contributed by atoms with E-state index in [9.17, 15) is 0 Å². The molecule has 1 aliphatic rings. The van der Waals surface area contributed by atoms with E-state index in [4.69, 9.17) is 0 Å². The summed E-state index contributed by atoms with van der Waals surface area (Å²) in [4.78, 5) is 0. The van der Waals surface area contributed by atoms with Gasteiger partial charge < -0.3 is 0 Å². The SMILES string of the molecule is CC1=CC=CC1.[Pt]. The summed E-state index contributed by atoms with van der Waals surface area (Å²) in [6.07, 6.45) is 7.56. The first-order valence-electron chi connectivity index (χ1n) is 2.22. The molecule has 0 saturated carbocycles. The van der Waals surface area contributed by atoms with Crippen molar-refractivity contribution in [3.05, 3.63) is 23.8 Å². The van der Waals surface area contributed by atoms with Gasteiger partial charge in [0.05, 0.1) is 0 Å². The fourth-order valence-corrected chi connectivity index (χ4v) is 0.554. The number of hydrogen-bond donors (Lipinski definition) is 0. The van der Waals surface area contributed by atoms with Crippen LogP contribution in [0.15, 0.2) is 23.8 Å². The number of hydrogen-bond acceptors (Lipinski definition) is 0. The summed E-state index contributed by atoms with van der Waals surface area (Å²) in [5.74, 6) is 0. The maximum atomic E-state index is 2.16. The van der Waals surface area contributed by atoms with Crippen LogP contribution in [0.4, 0.5) is 0 Å². The molecule has 0 atom stereocenters. The Kier molecular flexibility index (Phi) is 3.28. The maximum absolute atomic E-state index is 2.16. The predicted molar refractivity (Wildman–Crippen MR) is 27.5 cm³/mol. The van der Waals surface area contributed by atoms with Crippen molar-refractivity contribution >= 4 is 0 Å². The zero-order valence-corrected chi connectivity index (χ0v) is 6.53. The number of rotatable bonds is 0. The minimum atomic E-state index is 0. The van der Waals surface area contributed by atoms with Crippen molar-refractivity contribution in [1.29, 1.82) is 0 Å². The van der Waals surface area contributed by atoms with Gasteiger partial charge in [-0.2, -0.15) is 0 Å². The normalized spacial score (nSPS) is 15.9. The van der Waals surface area contributed by atoms with Gasteiger partial charge in [-0.1, -0.05) is 23.8 Å². The van der Waals surface area contributed by atoms with Crippen molar-refractivity contribution in [2.24, 2.45) is 0 Å². The van der Waals surface area contributed by atoms with E-state index in [1.807, 2.05) is 0 Å². The van der Waals surface area contributed by atoms with Gasteiger partial charge in [-0.05, 0) is 13.3 Å². The van der Waals surface area contributed by atoms with Crippen LogP contribution < -0.4 is 0 Å². The van der Waals surface area contributed by atoms with Crippen LogP contribution in [0.25, 0.3) is 0 Å². The minimum absolute atomic E-state index is 0. The smallest absolute Gasteiger partial charge is 0 e. The molecule has 0 N–H and O–H groups in total. The number of allylic oxidation sites excluding steroid dienone is 4. The van der Waals surface area contributed by atoms with Gasteiger partial charge in [-0.25, -0.2) is 0 Å². The molecule has 0 spiro atoms. The maximum Gasteiger partial charge on any atom is 0 e. The Labute approximate surface area is 58.6 Å². The molecule has 0 unspecified atom stereocenters. The Bertz CT molecular complexity index is 101. The van der Waals surface area contributed by atoms with Crippen molar-refractivity contribution in [1.82, 2.24) is 0 Å². The molecule has 0 aliphatic heterocycles. The van der Waals surface area contributed by atoms with Crippen molar-refractivity contribution in [2.45, 2.75) is 13.3 Å². The molecule has 0 amide bonds. The molecule has 0 radical (unpaired) electrons. The van der Waals surface area contributed by atoms with Gasteiger partial charge in [0.25, 0.3) is 0 Å². The second kappa shape index (κ2) is 3.21. The van der Waals surface area contributed by atoms with E-state index in [0.717, 1.165) is 0 Å². The van der Waals surface area contributed by atoms with Crippen LogP contribution in [0, 0.1) is 0 Å². The summed E-state index contributed by atoms with van der Waals surface area (Å²) in [6, 6.07) is 0. The molecule has 0 fully saturated rings. The molecule has 0 bridgehead atoms. The molecule has 0 aromatic rings. The van der Waals surface area contributed by atoms with Crippen LogP contribution in [0.2, 0.25) is 0 Å². The van der Waals surface area contributed by atoms with Gasteiger partial charge in [-0.15, -0.1) is 0 Å². The predicted octanol–water partition coefficient (Wildman–Crippen LogP) is 1.89. The Morgan fingerprint density at radius 3 is 2.43 bits per heavy atom. The average Bonchev–Trinajstić information content (AvgIpc) is 1.86. The Balaban J connectivity index is 0.000000360. The van der Waals surface area contributed by atoms with Crippen LogP contribution in [0.1, 0.15) is 13.3 Å². The average molecular weight is 275 g/mol. The minimum Gasteiger partial charge on any atom is -0.0805 e. The summed E-state index contributed by atoms with van der Waals surface area (Å²) < 4.78 is 0. The molecule has 0 saturated heterocycles. The summed E-state index contributed by atoms with van der Waals surface area (Å²) in [5.41, 5.74) is 1.47. The quantitative estimate of drug-likeness (QED) is 0.633. The molecule has 0 aromatic heterocycles. The fourth-order valence-electron chi connectivity index (χ4n) is 0.554. The van der Waals surface area contributed by atoms with E-state index in [0.29, 0.717) is 0 Å². The summed E-state index contributed by atoms with van der Waals surface area (Å²) in [5, 5.41) is 0. The third kappa shape index (κ3) is 2.09. The van der Waals surface area contributed by atoms with E-state index in [1.54, 1.807) is 0 Å². The van der Waals surface area contributed by atoms with Gasteiger partial charge >= 0.3 is 0 Å². The molecule has 1 rings (SSSR count). The molecule has 1 aliphatic carbocycles. The van der Waals surface area contributed by atoms with Gasteiger partial charge in [-0.3, -0.25) is 0 Å². The third-order valence-electron chi connectivity index (χ3n) is 0.957. The van der Waals surface area contributed by atoms with Gasteiger partial charge in [0, 0.05) is 21.1 Å². The zero-order valence-electron chi connectivity index (χ0n) is 4.26. The first-order valence-corrected chi connectivity index (χ1v) is 2.22. The van der Waals surface area contributed by atoms with E-state index in [1.165, 1.54) is 12.0 Å². The Hall–Kier alpha value is 0.168. The molecule has 0 aromatic carbocycles. The molecule has 1 heteroatoms. The van der Waals surface area contributed by atoms with Crippen LogP contribution >= 0.6 is 0 Å². The van der Waals surface area contributed by atoms with Crippen LogP contribution in [0.3, 0.4) is 0 Å². The van der Waals surface area contributed by atoms with Crippen LogP contribution in [-0.4, -0.2) is 0 Å². The molecule has 0 heterocycles. The van der Waals surface area contributed by atoms with Gasteiger partial charge in [0.15, 0.2) is 0 Å². The summed E-state index contributed by atoms with van der Waals surface area (Å²) in [6.45, 7) is 2.14. The van der Waals surface area contributed by atoms with Gasteiger partial charge in [0.1, 0.15) is 0 Å². The molecular weight excluding hydrogens is 267 g/mol. The van der Waals surface area contributed by atoms with Crippen molar-refractivity contribution in [2.75, 3.05) is 0 Å². The van der Waals surface area contributed by atoms with E-state index >= 15 is 0 Å². The standard InChI is InChI=1S/C6H8.Pt/c1-6-4-2-3-5-6;/h2-4H,5H2,1H3;. The van der Waals surface area contributed by atoms with Crippen LogP contribution in [0.5, 0.6) is 0 Å². The fraction of sp³-hybridized carbons (Fsp3) is 0.333. The zero-order chi connectivity index (χ0) is 4.41. The molecule has 7 heavy (non-hydrogen) atoms. The molecule has 42 valence electrons. The Morgan fingerprint density at radius 1 is 1.57 bits per heavy atom. The van der Waals surface area contributed by atoms with Crippen LogP contribution in [-0.2, 0) is 21.1 Å². The van der Waals surface area contributed by atoms with Gasteiger partial charge in [0.2, 0.25) is 0 Å². The van der Waals surface area contributed by atoms with Crippen molar-refractivity contribution < 1.29 is 21.1 Å². The van der Waals surface area contributed by atoms with Crippen molar-refractivity contribution in [3.63, 3.8) is 0 Å². The molecular formula is C6H8Pt. The topological polar surface area (TPSA) is 0 Å². The summed E-state index contributed by atoms with van der Waals surface area (Å²) in [7, 11) is 0. The Morgan fingerprint density at radius 2 is 2.29 bits per heavy atom. The summed E-state index contributed by atoms with van der Waals surface area (Å²) >= 11 is 0. The second-order valence-electron chi connectivity index (χ2n) is 1.65. The largest absolute Gasteiger partial charge is 0.0805 e. The van der Waals surface area contributed by atoms with E-state index in [2.05, 4.69) is 25.2 Å². The van der Waals surface area contributed by atoms with E-state index in [-0.39, 0.29) is 21.1 Å². The second-order valence-corrected chi connectivity index (χ2v) is 1.65. The van der Waals surface area contributed by atoms with Crippen molar-refractivity contribution in [3.8, 4) is 0 Å².